The van der Waals surface area contributed by atoms with Crippen molar-refractivity contribution in [2.45, 2.75) is 0 Å². The average Bonchev–Trinajstić information content (AvgIpc) is 1.61. The van der Waals surface area contributed by atoms with Crippen LogP contribution in [-0.4, -0.2) is 27.4 Å². The maximum Gasteiger partial charge on any atom is 0.0696 e. The van der Waals surface area contributed by atoms with Crippen LogP contribution >= 0.6 is 37.2 Å². The van der Waals surface area contributed by atoms with Crippen molar-refractivity contribution in [2.75, 3.05) is 27.4 Å². The summed E-state index contributed by atoms with van der Waals surface area (Å²) in [5.74, 6) is 0. The third-order valence-electron chi connectivity index (χ3n) is 0.492. The van der Waals surface area contributed by atoms with Crippen LogP contribution in [0.2, 0.25) is 0 Å². The van der Waals surface area contributed by atoms with Gasteiger partial charge in [-0.25, -0.2) is 0 Å². The van der Waals surface area contributed by atoms with Gasteiger partial charge in [0.05, 0.1) is 13.2 Å². The summed E-state index contributed by atoms with van der Waals surface area (Å²) in [6.07, 6.45) is 0. The first kappa shape index (κ1) is 22.6. The molecule has 0 aromatic heterocycles. The lowest BCUT2D eigenvalue weighted by Crippen LogP contribution is -1.96. The van der Waals surface area contributed by atoms with Gasteiger partial charge in [-0.3, -0.25) is 0 Å². The smallest absolute Gasteiger partial charge is 0.0696 e. The predicted octanol–water partition coefficient (Wildman–Crippen LogP) is 1.54. The summed E-state index contributed by atoms with van der Waals surface area (Å²) in [6.45, 7) is 1.38. The highest BCUT2D eigenvalue weighted by Gasteiger charge is 1.73. The maximum atomic E-state index is 4.66. The first-order chi connectivity index (χ1) is 2.91. The molecule has 0 radical (unpaired) electrons. The zero-order valence-corrected chi connectivity index (χ0v) is 7.90. The van der Waals surface area contributed by atoms with Crippen molar-refractivity contribution < 1.29 is 9.47 Å². The van der Waals surface area contributed by atoms with Crippen LogP contribution in [0.4, 0.5) is 0 Å². The molecule has 0 fully saturated rings. The van der Waals surface area contributed by atoms with Crippen LogP contribution in [0.1, 0.15) is 0 Å². The Morgan fingerprint density at radius 2 is 1.00 bits per heavy atom. The van der Waals surface area contributed by atoms with E-state index < -0.39 is 0 Å². The first-order valence-corrected chi connectivity index (χ1v) is 1.89. The summed E-state index contributed by atoms with van der Waals surface area (Å²) in [6, 6.07) is 0. The van der Waals surface area contributed by atoms with Gasteiger partial charge in [0.1, 0.15) is 0 Å². The molecule has 0 aromatic rings. The topological polar surface area (TPSA) is 18.5 Å². The van der Waals surface area contributed by atoms with Gasteiger partial charge in [-0.2, -0.15) is 0 Å². The first-order valence-electron chi connectivity index (χ1n) is 1.89. The van der Waals surface area contributed by atoms with Crippen LogP contribution < -0.4 is 0 Å². The van der Waals surface area contributed by atoms with Crippen LogP contribution in [0.5, 0.6) is 0 Å². The SMILES string of the molecule is COCCOC.Cl.Cl.Cl. The molecule has 0 saturated heterocycles. The number of halogens is 3. The molecule has 0 rings (SSSR count). The van der Waals surface area contributed by atoms with Crippen LogP contribution in [0.15, 0.2) is 0 Å². The van der Waals surface area contributed by atoms with Crippen LogP contribution in [0.25, 0.3) is 0 Å². The van der Waals surface area contributed by atoms with Crippen molar-refractivity contribution in [3.8, 4) is 0 Å². The molecule has 0 atom stereocenters. The van der Waals surface area contributed by atoms with E-state index in [-0.39, 0.29) is 37.2 Å². The van der Waals surface area contributed by atoms with Crippen molar-refractivity contribution >= 4 is 37.2 Å². The zero-order valence-electron chi connectivity index (χ0n) is 5.46. The average molecular weight is 200 g/mol. The summed E-state index contributed by atoms with van der Waals surface area (Å²) < 4.78 is 9.31. The largest absolute Gasteiger partial charge is 0.382 e. The molecule has 0 aliphatic carbocycles. The minimum Gasteiger partial charge on any atom is -0.382 e. The normalized spacial score (nSPS) is 6.00. The van der Waals surface area contributed by atoms with E-state index in [0.717, 1.165) is 0 Å². The summed E-state index contributed by atoms with van der Waals surface area (Å²) in [5, 5.41) is 0. The number of ether oxygens (including phenoxy) is 2. The van der Waals surface area contributed by atoms with E-state index in [4.69, 9.17) is 0 Å². The van der Waals surface area contributed by atoms with Gasteiger partial charge in [-0.15, -0.1) is 37.2 Å². The monoisotopic (exact) mass is 198 g/mol. The van der Waals surface area contributed by atoms with Gasteiger partial charge in [-0.05, 0) is 0 Å². The second-order valence-electron chi connectivity index (χ2n) is 0.986. The fourth-order valence-electron chi connectivity index (χ4n) is 0.167. The molecular weight excluding hydrogens is 186 g/mol. The van der Waals surface area contributed by atoms with Crippen LogP contribution in [0.3, 0.4) is 0 Å². The number of hydrogen-bond acceptors (Lipinski definition) is 2. The molecule has 0 unspecified atom stereocenters. The number of rotatable bonds is 3. The predicted molar refractivity (Wildman–Crippen MR) is 45.5 cm³/mol. The molecule has 0 bridgehead atoms. The molecule has 0 N–H and O–H groups in total. The summed E-state index contributed by atoms with van der Waals surface area (Å²) in [5.41, 5.74) is 0. The Balaban J connectivity index is -0.0000000417. The molecule has 0 aliphatic rings. The van der Waals surface area contributed by atoms with E-state index >= 15 is 0 Å². The molecule has 0 spiro atoms. The number of hydrogen-bond donors (Lipinski definition) is 0. The standard InChI is InChI=1S/C4H10O2.3ClH/c1-5-3-4-6-2;;;/h3-4H2,1-2H3;3*1H. The highest BCUT2D eigenvalue weighted by Crippen LogP contribution is 1.65. The van der Waals surface area contributed by atoms with Crippen molar-refractivity contribution in [3.63, 3.8) is 0 Å². The van der Waals surface area contributed by atoms with E-state index in [1.807, 2.05) is 0 Å². The Kier molecular flexibility index (Phi) is 58.3. The minimum absolute atomic E-state index is 0. The third kappa shape index (κ3) is 28.2. The van der Waals surface area contributed by atoms with Gasteiger partial charge in [-0.1, -0.05) is 0 Å². The van der Waals surface area contributed by atoms with E-state index in [9.17, 15) is 0 Å². The van der Waals surface area contributed by atoms with Gasteiger partial charge in [0, 0.05) is 14.2 Å². The molecule has 0 heterocycles. The summed E-state index contributed by atoms with van der Waals surface area (Å²) in [4.78, 5) is 0. The second kappa shape index (κ2) is 23.2. The minimum atomic E-state index is 0. The Bertz CT molecular complexity index is 25.8. The van der Waals surface area contributed by atoms with E-state index in [0.29, 0.717) is 13.2 Å². The molecule has 0 aliphatic heterocycles. The Hall–Kier alpha value is 0.790. The molecule has 9 heavy (non-hydrogen) atoms. The Morgan fingerprint density at radius 1 is 0.778 bits per heavy atom. The Labute approximate surface area is 74.5 Å². The van der Waals surface area contributed by atoms with Crippen molar-refractivity contribution in [3.05, 3.63) is 0 Å². The number of methoxy groups -OCH3 is 2. The van der Waals surface area contributed by atoms with Crippen molar-refractivity contribution in [2.24, 2.45) is 0 Å². The molecule has 0 amide bonds. The fourth-order valence-corrected chi connectivity index (χ4v) is 0.167. The van der Waals surface area contributed by atoms with Gasteiger partial charge >= 0.3 is 0 Å². The van der Waals surface area contributed by atoms with Crippen LogP contribution in [-0.2, 0) is 9.47 Å². The lowest BCUT2D eigenvalue weighted by atomic mass is 10.8. The summed E-state index contributed by atoms with van der Waals surface area (Å²) in [7, 11) is 3.30. The highest BCUT2D eigenvalue weighted by atomic mass is 35.5. The van der Waals surface area contributed by atoms with E-state index in [1.54, 1.807) is 14.2 Å². The quantitative estimate of drug-likeness (QED) is 0.642. The molecule has 0 saturated carbocycles. The van der Waals surface area contributed by atoms with Gasteiger partial charge in [0.2, 0.25) is 0 Å². The maximum absolute atomic E-state index is 4.66. The van der Waals surface area contributed by atoms with Crippen molar-refractivity contribution in [1.29, 1.82) is 0 Å². The van der Waals surface area contributed by atoms with Gasteiger partial charge < -0.3 is 9.47 Å². The Morgan fingerprint density at radius 3 is 1.11 bits per heavy atom. The molecular formula is C4H13Cl3O2. The molecule has 5 heteroatoms. The van der Waals surface area contributed by atoms with E-state index in [2.05, 4.69) is 9.47 Å². The molecule has 2 nitrogen and oxygen atoms in total. The highest BCUT2D eigenvalue weighted by molar-refractivity contribution is 5.86. The van der Waals surface area contributed by atoms with E-state index in [1.165, 1.54) is 0 Å². The zero-order chi connectivity index (χ0) is 4.83. The molecule has 0 aromatic carbocycles. The van der Waals surface area contributed by atoms with Gasteiger partial charge in [0.25, 0.3) is 0 Å². The lowest BCUT2D eigenvalue weighted by Gasteiger charge is -1.91. The van der Waals surface area contributed by atoms with Crippen molar-refractivity contribution in [1.82, 2.24) is 0 Å². The fraction of sp³-hybridized carbons (Fsp3) is 1.00. The third-order valence-corrected chi connectivity index (χ3v) is 0.492. The van der Waals surface area contributed by atoms with Crippen LogP contribution in [0, 0.1) is 0 Å². The second-order valence-corrected chi connectivity index (χ2v) is 0.986. The van der Waals surface area contributed by atoms with Gasteiger partial charge in [0.15, 0.2) is 0 Å². The molecule has 62 valence electrons. The lowest BCUT2D eigenvalue weighted by molar-refractivity contribution is 0.103. The summed E-state index contributed by atoms with van der Waals surface area (Å²) >= 11 is 0.